The van der Waals surface area contributed by atoms with E-state index in [-0.39, 0.29) is 24.2 Å². The van der Waals surface area contributed by atoms with Gasteiger partial charge in [0.25, 0.3) is 0 Å². The van der Waals surface area contributed by atoms with Crippen LogP contribution in [0.2, 0.25) is 0 Å². The van der Waals surface area contributed by atoms with Crippen molar-refractivity contribution in [2.24, 2.45) is 0 Å². The molecule has 0 saturated carbocycles. The van der Waals surface area contributed by atoms with Gasteiger partial charge in [-0.1, -0.05) is 12.1 Å². The van der Waals surface area contributed by atoms with Crippen LogP contribution in [0.15, 0.2) is 47.5 Å². The molecule has 1 atom stereocenters. The zero-order chi connectivity index (χ0) is 17.1. The van der Waals surface area contributed by atoms with E-state index in [4.69, 9.17) is 0 Å². The number of amides is 1. The molecule has 126 valence electrons. The zero-order valence-electron chi connectivity index (χ0n) is 13.8. The lowest BCUT2D eigenvalue weighted by Crippen LogP contribution is -2.39. The molecule has 0 aliphatic heterocycles. The minimum Gasteiger partial charge on any atom is -0.350 e. The molecule has 7 nitrogen and oxygen atoms in total. The van der Waals surface area contributed by atoms with E-state index < -0.39 is 0 Å². The summed E-state index contributed by atoms with van der Waals surface area (Å²) in [4.78, 5) is 24.9. The Kier molecular flexibility index (Phi) is 4.50. The Morgan fingerprint density at radius 1 is 1.21 bits per heavy atom. The van der Waals surface area contributed by atoms with E-state index in [0.717, 1.165) is 11.0 Å². The number of carbonyl (C=O) groups excluding carboxylic acids is 1. The number of aryl methyl sites for hydroxylation is 1. The van der Waals surface area contributed by atoms with Crippen LogP contribution in [0.25, 0.3) is 11.0 Å². The number of hydrogen-bond acceptors (Lipinski definition) is 3. The van der Waals surface area contributed by atoms with Crippen LogP contribution in [-0.2, 0) is 24.4 Å². The van der Waals surface area contributed by atoms with Crippen LogP contribution >= 0.6 is 0 Å². The van der Waals surface area contributed by atoms with Crippen LogP contribution in [-0.4, -0.2) is 30.9 Å². The highest BCUT2D eigenvalue weighted by Crippen LogP contribution is 2.12. The summed E-state index contributed by atoms with van der Waals surface area (Å²) in [6.45, 7) is 5.01. The van der Waals surface area contributed by atoms with Crippen molar-refractivity contribution < 1.29 is 4.79 Å². The van der Waals surface area contributed by atoms with Crippen molar-refractivity contribution >= 4 is 16.9 Å². The van der Waals surface area contributed by atoms with Crippen LogP contribution < -0.4 is 11.0 Å². The third kappa shape index (κ3) is 3.10. The van der Waals surface area contributed by atoms with E-state index in [1.807, 2.05) is 50.4 Å². The van der Waals surface area contributed by atoms with Gasteiger partial charge in [0.2, 0.25) is 5.91 Å². The molecule has 3 aromatic rings. The van der Waals surface area contributed by atoms with Crippen LogP contribution in [0.5, 0.6) is 0 Å². The van der Waals surface area contributed by atoms with Crippen molar-refractivity contribution in [3.05, 3.63) is 53.2 Å². The third-order valence-electron chi connectivity index (χ3n) is 3.97. The fraction of sp³-hybridized carbons (Fsp3) is 0.353. The molecule has 0 bridgehead atoms. The van der Waals surface area contributed by atoms with Gasteiger partial charge in [-0.25, -0.2) is 4.79 Å². The first-order valence-corrected chi connectivity index (χ1v) is 8.05. The maximum atomic E-state index is 12.5. The summed E-state index contributed by atoms with van der Waals surface area (Å²) in [5, 5.41) is 7.04. The Morgan fingerprint density at radius 2 is 1.92 bits per heavy atom. The first kappa shape index (κ1) is 16.0. The average Bonchev–Trinajstić information content (AvgIpc) is 3.14. The second kappa shape index (κ2) is 6.74. The molecule has 2 aromatic heterocycles. The van der Waals surface area contributed by atoms with Gasteiger partial charge in [-0.2, -0.15) is 5.10 Å². The smallest absolute Gasteiger partial charge is 0.329 e. The molecule has 0 saturated heterocycles. The number of aromatic nitrogens is 4. The van der Waals surface area contributed by atoms with E-state index in [0.29, 0.717) is 13.1 Å². The van der Waals surface area contributed by atoms with Crippen molar-refractivity contribution in [2.45, 2.75) is 39.5 Å². The summed E-state index contributed by atoms with van der Waals surface area (Å²) < 4.78 is 4.96. The molecule has 0 aliphatic carbocycles. The zero-order valence-corrected chi connectivity index (χ0v) is 13.8. The standard InChI is InChI=1S/C17H21N5O2/c1-3-21-14-7-4-5-8-15(14)22(17(21)24)12-16(23)19-13(2)11-20-10-6-9-18-20/h4-10,13H,3,11-12H2,1-2H3,(H,19,23)/t13-/m0/s1. The molecule has 1 aromatic carbocycles. The number of fused-ring (bicyclic) bond motifs is 1. The second-order valence-corrected chi connectivity index (χ2v) is 5.80. The minimum atomic E-state index is -0.184. The Morgan fingerprint density at radius 3 is 2.54 bits per heavy atom. The normalized spacial score (nSPS) is 12.4. The number of nitrogens with zero attached hydrogens (tertiary/aromatic N) is 4. The Labute approximate surface area is 139 Å². The fourth-order valence-corrected chi connectivity index (χ4v) is 2.93. The SMILES string of the molecule is CCn1c(=O)n(CC(=O)N[C@@H](C)Cn2cccn2)c2ccccc21. The van der Waals surface area contributed by atoms with Crippen molar-refractivity contribution in [3.8, 4) is 0 Å². The maximum Gasteiger partial charge on any atom is 0.329 e. The van der Waals surface area contributed by atoms with Gasteiger partial charge in [-0.3, -0.25) is 18.6 Å². The van der Waals surface area contributed by atoms with E-state index in [9.17, 15) is 9.59 Å². The molecule has 0 aliphatic rings. The summed E-state index contributed by atoms with van der Waals surface area (Å²) in [5.74, 6) is -0.184. The molecule has 0 unspecified atom stereocenters. The number of hydrogen-bond donors (Lipinski definition) is 1. The number of rotatable bonds is 6. The van der Waals surface area contributed by atoms with E-state index in [1.165, 1.54) is 4.57 Å². The number of nitrogens with one attached hydrogen (secondary N) is 1. The predicted octanol–water partition coefficient (Wildman–Crippen LogP) is 1.22. The molecule has 0 spiro atoms. The van der Waals surface area contributed by atoms with Crippen molar-refractivity contribution in [1.82, 2.24) is 24.2 Å². The molecular formula is C17H21N5O2. The first-order chi connectivity index (χ1) is 11.6. The Balaban J connectivity index is 1.76. The summed E-state index contributed by atoms with van der Waals surface area (Å²) in [6.07, 6.45) is 3.55. The number of benzene rings is 1. The third-order valence-corrected chi connectivity index (χ3v) is 3.97. The summed E-state index contributed by atoms with van der Waals surface area (Å²) in [7, 11) is 0. The van der Waals surface area contributed by atoms with Gasteiger partial charge in [-0.15, -0.1) is 0 Å². The van der Waals surface area contributed by atoms with E-state index in [1.54, 1.807) is 15.4 Å². The lowest BCUT2D eigenvalue weighted by Gasteiger charge is -2.14. The highest BCUT2D eigenvalue weighted by molar-refractivity contribution is 5.81. The van der Waals surface area contributed by atoms with Crippen molar-refractivity contribution in [1.29, 1.82) is 0 Å². The summed E-state index contributed by atoms with van der Waals surface area (Å²) in [5.41, 5.74) is 1.47. The maximum absolute atomic E-state index is 12.5. The van der Waals surface area contributed by atoms with Gasteiger partial charge in [0, 0.05) is 25.0 Å². The fourth-order valence-electron chi connectivity index (χ4n) is 2.93. The molecule has 7 heteroatoms. The highest BCUT2D eigenvalue weighted by atomic mass is 16.2. The number of imidazole rings is 1. The van der Waals surface area contributed by atoms with Gasteiger partial charge in [0.05, 0.1) is 17.6 Å². The van der Waals surface area contributed by atoms with E-state index in [2.05, 4.69) is 10.4 Å². The second-order valence-electron chi connectivity index (χ2n) is 5.80. The first-order valence-electron chi connectivity index (χ1n) is 8.05. The topological polar surface area (TPSA) is 73.8 Å². The van der Waals surface area contributed by atoms with Crippen molar-refractivity contribution in [2.75, 3.05) is 0 Å². The quantitative estimate of drug-likeness (QED) is 0.740. The van der Waals surface area contributed by atoms with Gasteiger partial charge in [0.1, 0.15) is 6.54 Å². The molecule has 1 N–H and O–H groups in total. The molecule has 0 fully saturated rings. The van der Waals surface area contributed by atoms with Gasteiger partial charge >= 0.3 is 5.69 Å². The van der Waals surface area contributed by atoms with Gasteiger partial charge in [0.15, 0.2) is 0 Å². The average molecular weight is 327 g/mol. The monoisotopic (exact) mass is 327 g/mol. The highest BCUT2D eigenvalue weighted by Gasteiger charge is 2.15. The van der Waals surface area contributed by atoms with Crippen molar-refractivity contribution in [3.63, 3.8) is 0 Å². The van der Waals surface area contributed by atoms with Crippen LogP contribution in [0.4, 0.5) is 0 Å². The number of para-hydroxylation sites is 2. The molecular weight excluding hydrogens is 306 g/mol. The van der Waals surface area contributed by atoms with Crippen LogP contribution in [0.1, 0.15) is 13.8 Å². The predicted molar refractivity (Wildman–Crippen MR) is 91.7 cm³/mol. The molecule has 24 heavy (non-hydrogen) atoms. The Bertz CT molecular complexity index is 891. The Hall–Kier alpha value is -2.83. The van der Waals surface area contributed by atoms with E-state index >= 15 is 0 Å². The van der Waals surface area contributed by atoms with Crippen LogP contribution in [0.3, 0.4) is 0 Å². The summed E-state index contributed by atoms with van der Waals surface area (Å²) >= 11 is 0. The molecule has 0 radical (unpaired) electrons. The molecule has 2 heterocycles. The lowest BCUT2D eigenvalue weighted by atomic mass is 10.3. The summed E-state index contributed by atoms with van der Waals surface area (Å²) in [6, 6.07) is 9.29. The minimum absolute atomic E-state index is 0.00972. The number of carbonyl (C=O) groups is 1. The molecule has 1 amide bonds. The van der Waals surface area contributed by atoms with Gasteiger partial charge in [-0.05, 0) is 32.0 Å². The largest absolute Gasteiger partial charge is 0.350 e. The van der Waals surface area contributed by atoms with Gasteiger partial charge < -0.3 is 5.32 Å². The van der Waals surface area contributed by atoms with Crippen LogP contribution in [0, 0.1) is 0 Å². The molecule has 3 rings (SSSR count). The lowest BCUT2D eigenvalue weighted by molar-refractivity contribution is -0.122.